The second-order valence-electron chi connectivity index (χ2n) is 4.01. The van der Waals surface area contributed by atoms with Crippen LogP contribution in [0.5, 0.6) is 0 Å². The van der Waals surface area contributed by atoms with E-state index < -0.39 is 0 Å². The van der Waals surface area contributed by atoms with Crippen LogP contribution in [0.1, 0.15) is 33.1 Å². The number of alkyl halides is 1. The number of rotatable bonds is 3. The molecule has 78 valence electrons. The Labute approximate surface area is 99.8 Å². The van der Waals surface area contributed by atoms with E-state index >= 15 is 0 Å². The molecule has 0 aromatic rings. The minimum atomic E-state index is 0.245. The third kappa shape index (κ3) is 3.56. The average Bonchev–Trinajstić information content (AvgIpc) is 2.18. The molecule has 0 aliphatic heterocycles. The number of allylic oxidation sites excluding steroid dienone is 4. The number of carbonyl (C=O) groups excluding carboxylic acids is 1. The molecule has 0 radical (unpaired) electrons. The Morgan fingerprint density at radius 2 is 2.43 bits per heavy atom. The minimum Gasteiger partial charge on any atom is -0.294 e. The van der Waals surface area contributed by atoms with Crippen LogP contribution in [-0.4, -0.2) is 10.2 Å². The highest BCUT2D eigenvalue weighted by Crippen LogP contribution is 2.28. The maximum absolute atomic E-state index is 11.2. The maximum Gasteiger partial charge on any atom is 0.165 e. The van der Waals surface area contributed by atoms with Crippen LogP contribution in [0, 0.1) is 5.92 Å². The monoisotopic (exact) mass is 304 g/mol. The molecule has 1 aliphatic carbocycles. The van der Waals surface area contributed by atoms with Crippen molar-refractivity contribution < 1.29 is 4.79 Å². The lowest BCUT2D eigenvalue weighted by atomic mass is 9.85. The van der Waals surface area contributed by atoms with Crippen LogP contribution >= 0.6 is 22.6 Å². The van der Waals surface area contributed by atoms with Crippen molar-refractivity contribution in [3.8, 4) is 0 Å². The van der Waals surface area contributed by atoms with Gasteiger partial charge in [-0.25, -0.2) is 0 Å². The molecule has 0 N–H and O–H groups in total. The summed E-state index contributed by atoms with van der Waals surface area (Å²) in [7, 11) is 0. The van der Waals surface area contributed by atoms with E-state index in [0.717, 1.165) is 6.42 Å². The highest BCUT2D eigenvalue weighted by molar-refractivity contribution is 14.1. The van der Waals surface area contributed by atoms with Gasteiger partial charge in [0.05, 0.1) is 4.43 Å². The number of halogens is 1. The predicted molar refractivity (Wildman–Crippen MR) is 68.7 cm³/mol. The molecule has 0 saturated heterocycles. The summed E-state index contributed by atoms with van der Waals surface area (Å²) in [4.78, 5) is 11.2. The zero-order chi connectivity index (χ0) is 10.6. The van der Waals surface area contributed by atoms with E-state index in [2.05, 4.69) is 42.5 Å². The molecule has 0 aromatic heterocycles. The van der Waals surface area contributed by atoms with Crippen LogP contribution in [0.4, 0.5) is 0 Å². The van der Waals surface area contributed by atoms with Gasteiger partial charge in [-0.15, -0.1) is 0 Å². The molecule has 1 atom stereocenters. The van der Waals surface area contributed by atoms with Gasteiger partial charge < -0.3 is 0 Å². The SMILES string of the molecule is CC1=CCC(/C(C)=C\C(=O)CI)CC1. The van der Waals surface area contributed by atoms with E-state index in [1.165, 1.54) is 24.0 Å². The van der Waals surface area contributed by atoms with Crippen molar-refractivity contribution in [2.45, 2.75) is 33.1 Å². The number of hydrogen-bond donors (Lipinski definition) is 0. The van der Waals surface area contributed by atoms with Gasteiger partial charge in [0.2, 0.25) is 0 Å². The van der Waals surface area contributed by atoms with Gasteiger partial charge in [0.25, 0.3) is 0 Å². The smallest absolute Gasteiger partial charge is 0.165 e. The molecule has 2 heteroatoms. The third-order valence-electron chi connectivity index (χ3n) is 2.80. The lowest BCUT2D eigenvalue weighted by molar-refractivity contribution is -0.112. The highest BCUT2D eigenvalue weighted by atomic mass is 127. The number of carbonyl (C=O) groups is 1. The maximum atomic E-state index is 11.2. The lowest BCUT2D eigenvalue weighted by Gasteiger charge is -2.20. The molecule has 1 rings (SSSR count). The fourth-order valence-corrected chi connectivity index (χ4v) is 2.01. The Bertz CT molecular complexity index is 276. The molecule has 0 bridgehead atoms. The first kappa shape index (κ1) is 12.0. The van der Waals surface area contributed by atoms with Crippen LogP contribution in [0.15, 0.2) is 23.3 Å². The zero-order valence-electron chi connectivity index (χ0n) is 8.85. The molecule has 0 heterocycles. The van der Waals surface area contributed by atoms with Crippen LogP contribution in [0.2, 0.25) is 0 Å². The molecular weight excluding hydrogens is 287 g/mol. The second-order valence-corrected chi connectivity index (χ2v) is 4.77. The zero-order valence-corrected chi connectivity index (χ0v) is 11.0. The quantitative estimate of drug-likeness (QED) is 0.336. The van der Waals surface area contributed by atoms with Crippen molar-refractivity contribution in [2.24, 2.45) is 5.92 Å². The second kappa shape index (κ2) is 5.69. The summed E-state index contributed by atoms with van der Waals surface area (Å²) in [6.07, 6.45) is 7.64. The molecule has 1 nitrogen and oxygen atoms in total. The van der Waals surface area contributed by atoms with Gasteiger partial charge in [0.15, 0.2) is 5.78 Å². The topological polar surface area (TPSA) is 17.1 Å². The van der Waals surface area contributed by atoms with Crippen molar-refractivity contribution in [1.82, 2.24) is 0 Å². The average molecular weight is 304 g/mol. The Balaban J connectivity index is 2.58. The Morgan fingerprint density at radius 3 is 2.93 bits per heavy atom. The van der Waals surface area contributed by atoms with Crippen molar-refractivity contribution in [3.63, 3.8) is 0 Å². The standard InChI is InChI=1S/C12H17IO/c1-9-3-5-11(6-4-9)10(2)7-12(14)8-13/h3,7,11H,4-6,8H2,1-2H3/b10-7-. The first-order valence-electron chi connectivity index (χ1n) is 5.06. The Morgan fingerprint density at radius 1 is 1.71 bits per heavy atom. The van der Waals surface area contributed by atoms with Crippen LogP contribution in [0.25, 0.3) is 0 Å². The normalized spacial score (nSPS) is 23.2. The van der Waals surface area contributed by atoms with Gasteiger partial charge in [0, 0.05) is 0 Å². The summed E-state index contributed by atoms with van der Waals surface area (Å²) >= 11 is 2.11. The molecule has 0 spiro atoms. The number of ketones is 1. The summed E-state index contributed by atoms with van der Waals surface area (Å²) in [6.45, 7) is 4.27. The van der Waals surface area contributed by atoms with Gasteiger partial charge in [-0.1, -0.05) is 39.8 Å². The predicted octanol–water partition coefficient (Wildman–Crippen LogP) is 3.68. The first-order chi connectivity index (χ1) is 6.63. The van der Waals surface area contributed by atoms with Crippen molar-refractivity contribution in [2.75, 3.05) is 4.43 Å². The molecule has 0 saturated carbocycles. The molecule has 1 aliphatic rings. The largest absolute Gasteiger partial charge is 0.294 e. The summed E-state index contributed by atoms with van der Waals surface area (Å²) in [5.41, 5.74) is 2.75. The van der Waals surface area contributed by atoms with E-state index in [1.807, 2.05) is 6.08 Å². The summed E-state index contributed by atoms with van der Waals surface area (Å²) in [5.74, 6) is 0.847. The Kier molecular flexibility index (Phi) is 4.85. The van der Waals surface area contributed by atoms with Gasteiger partial charge in [-0.3, -0.25) is 4.79 Å². The minimum absolute atomic E-state index is 0.245. The highest BCUT2D eigenvalue weighted by Gasteiger charge is 2.14. The van der Waals surface area contributed by atoms with Crippen LogP contribution in [-0.2, 0) is 4.79 Å². The molecular formula is C12H17IO. The summed E-state index contributed by atoms with van der Waals surface area (Å²) < 4.78 is 0.594. The summed E-state index contributed by atoms with van der Waals surface area (Å²) in [5, 5.41) is 0. The van der Waals surface area contributed by atoms with Crippen LogP contribution in [0.3, 0.4) is 0 Å². The molecule has 0 aromatic carbocycles. The van der Waals surface area contributed by atoms with E-state index in [1.54, 1.807) is 0 Å². The third-order valence-corrected chi connectivity index (χ3v) is 3.55. The fraction of sp³-hybridized carbons (Fsp3) is 0.583. The van der Waals surface area contributed by atoms with Crippen molar-refractivity contribution in [1.29, 1.82) is 0 Å². The van der Waals surface area contributed by atoms with Gasteiger partial charge in [0.1, 0.15) is 0 Å². The number of hydrogen-bond acceptors (Lipinski definition) is 1. The molecule has 0 fully saturated rings. The van der Waals surface area contributed by atoms with E-state index in [9.17, 15) is 4.79 Å². The van der Waals surface area contributed by atoms with Gasteiger partial charge >= 0.3 is 0 Å². The first-order valence-corrected chi connectivity index (χ1v) is 6.58. The van der Waals surface area contributed by atoms with Crippen LogP contribution < -0.4 is 0 Å². The van der Waals surface area contributed by atoms with E-state index in [-0.39, 0.29) is 5.78 Å². The van der Waals surface area contributed by atoms with Crippen molar-refractivity contribution >= 4 is 28.4 Å². The Hall–Kier alpha value is -0.120. The molecule has 14 heavy (non-hydrogen) atoms. The van der Waals surface area contributed by atoms with Gasteiger partial charge in [-0.2, -0.15) is 0 Å². The fourth-order valence-electron chi connectivity index (χ4n) is 1.79. The lowest BCUT2D eigenvalue weighted by Crippen LogP contribution is -2.08. The van der Waals surface area contributed by atoms with Gasteiger partial charge in [-0.05, 0) is 45.1 Å². The van der Waals surface area contributed by atoms with E-state index in [4.69, 9.17) is 0 Å². The van der Waals surface area contributed by atoms with Crippen molar-refractivity contribution in [3.05, 3.63) is 23.3 Å². The summed E-state index contributed by atoms with van der Waals surface area (Å²) in [6, 6.07) is 0. The van der Waals surface area contributed by atoms with E-state index in [0.29, 0.717) is 10.3 Å². The molecule has 1 unspecified atom stereocenters. The molecule has 0 amide bonds.